The van der Waals surface area contributed by atoms with E-state index in [9.17, 15) is 18.8 Å². The van der Waals surface area contributed by atoms with Gasteiger partial charge in [0.2, 0.25) is 5.91 Å². The molecule has 3 aromatic carbocycles. The van der Waals surface area contributed by atoms with Gasteiger partial charge in [0.1, 0.15) is 12.4 Å². The SMILES string of the molecule is O=C(CN1C(=O)S/C(=C\c2cn(Cc3ccc(Cl)cc3Cl)c3ccccc23)C1=O)Nc1ccc(F)cc1. The number of para-hydroxylation sites is 1. The zero-order chi connectivity index (χ0) is 26.1. The molecule has 4 aromatic rings. The van der Waals surface area contributed by atoms with Crippen LogP contribution in [0.4, 0.5) is 14.9 Å². The third-order valence-electron chi connectivity index (χ3n) is 5.77. The number of rotatable bonds is 6. The van der Waals surface area contributed by atoms with Crippen LogP contribution in [0, 0.1) is 5.82 Å². The molecule has 0 unspecified atom stereocenters. The average Bonchev–Trinajstić information content (AvgIpc) is 3.34. The molecule has 3 amide bonds. The molecule has 5 rings (SSSR count). The molecule has 10 heteroatoms. The van der Waals surface area contributed by atoms with Gasteiger partial charge >= 0.3 is 0 Å². The highest BCUT2D eigenvalue weighted by Gasteiger charge is 2.36. The van der Waals surface area contributed by atoms with Crippen molar-refractivity contribution >= 4 is 74.7 Å². The van der Waals surface area contributed by atoms with Crippen LogP contribution in [0.15, 0.2) is 77.8 Å². The van der Waals surface area contributed by atoms with Gasteiger partial charge in [0.05, 0.1) is 4.91 Å². The summed E-state index contributed by atoms with van der Waals surface area (Å²) in [6, 6.07) is 18.2. The Morgan fingerprint density at radius 3 is 2.54 bits per heavy atom. The van der Waals surface area contributed by atoms with Crippen LogP contribution >= 0.6 is 35.0 Å². The minimum absolute atomic E-state index is 0.215. The number of anilines is 1. The lowest BCUT2D eigenvalue weighted by Crippen LogP contribution is -2.36. The Labute approximate surface area is 225 Å². The van der Waals surface area contributed by atoms with E-state index < -0.39 is 29.4 Å². The van der Waals surface area contributed by atoms with Gasteiger partial charge in [-0.15, -0.1) is 0 Å². The highest BCUT2D eigenvalue weighted by molar-refractivity contribution is 8.18. The first-order valence-electron chi connectivity index (χ1n) is 11.1. The van der Waals surface area contributed by atoms with Crippen molar-refractivity contribution in [2.45, 2.75) is 6.54 Å². The Balaban J connectivity index is 1.38. The molecular formula is C27H18Cl2FN3O3S. The van der Waals surface area contributed by atoms with Crippen molar-refractivity contribution in [2.75, 3.05) is 11.9 Å². The number of nitrogens with one attached hydrogen (secondary N) is 1. The van der Waals surface area contributed by atoms with Gasteiger partial charge in [-0.1, -0.05) is 47.5 Å². The van der Waals surface area contributed by atoms with Crippen molar-refractivity contribution in [2.24, 2.45) is 0 Å². The second-order valence-electron chi connectivity index (χ2n) is 8.29. The van der Waals surface area contributed by atoms with Crippen LogP contribution in [0.3, 0.4) is 0 Å². The Kier molecular flexibility index (Phi) is 7.06. The van der Waals surface area contributed by atoms with Gasteiger partial charge in [0.15, 0.2) is 0 Å². The lowest BCUT2D eigenvalue weighted by atomic mass is 10.1. The van der Waals surface area contributed by atoms with Crippen molar-refractivity contribution in [1.82, 2.24) is 9.47 Å². The summed E-state index contributed by atoms with van der Waals surface area (Å²) in [6.07, 6.45) is 3.55. The third-order valence-corrected chi connectivity index (χ3v) is 7.26. The lowest BCUT2D eigenvalue weighted by molar-refractivity contribution is -0.127. The molecule has 0 spiro atoms. The van der Waals surface area contributed by atoms with Crippen LogP contribution in [0.25, 0.3) is 17.0 Å². The fraction of sp³-hybridized carbons (Fsp3) is 0.0741. The first-order valence-corrected chi connectivity index (χ1v) is 12.7. The summed E-state index contributed by atoms with van der Waals surface area (Å²) in [5.41, 5.74) is 2.92. The van der Waals surface area contributed by atoms with E-state index in [1.165, 1.54) is 24.3 Å². The van der Waals surface area contributed by atoms with E-state index in [4.69, 9.17) is 23.2 Å². The smallest absolute Gasteiger partial charge is 0.294 e. The van der Waals surface area contributed by atoms with Crippen LogP contribution in [0.1, 0.15) is 11.1 Å². The number of nitrogens with zero attached hydrogens (tertiary/aromatic N) is 2. The number of halogens is 3. The fourth-order valence-electron chi connectivity index (χ4n) is 4.01. The van der Waals surface area contributed by atoms with Gasteiger partial charge in [0, 0.05) is 44.9 Å². The number of amides is 3. The molecule has 2 heterocycles. The Hall–Kier alpha value is -3.59. The van der Waals surface area contributed by atoms with Crippen LogP contribution in [0.2, 0.25) is 10.0 Å². The van der Waals surface area contributed by atoms with Crippen LogP contribution < -0.4 is 5.32 Å². The van der Waals surface area contributed by atoms with E-state index in [1.54, 1.807) is 18.2 Å². The van der Waals surface area contributed by atoms with Crippen LogP contribution in [-0.2, 0) is 16.1 Å². The van der Waals surface area contributed by atoms with Crippen molar-refractivity contribution in [3.8, 4) is 0 Å². The molecule has 1 aromatic heterocycles. The highest BCUT2D eigenvalue weighted by atomic mass is 35.5. The monoisotopic (exact) mass is 553 g/mol. The van der Waals surface area contributed by atoms with E-state index in [1.807, 2.05) is 41.1 Å². The van der Waals surface area contributed by atoms with Gasteiger partial charge in [-0.05, 0) is 65.9 Å². The standard InChI is InChI=1S/C27H18Cl2FN3O3S/c28-18-6-5-16(22(29)12-18)13-32-14-17(21-3-1-2-4-23(21)32)11-24-26(35)33(27(36)37-24)15-25(34)31-20-9-7-19(30)8-10-20/h1-12,14H,13,15H2,(H,31,34)/b24-11-. The number of thioether (sulfide) groups is 1. The van der Waals surface area contributed by atoms with Gasteiger partial charge in [-0.25, -0.2) is 4.39 Å². The molecule has 1 saturated heterocycles. The summed E-state index contributed by atoms with van der Waals surface area (Å²) in [4.78, 5) is 39.1. The van der Waals surface area contributed by atoms with E-state index in [0.29, 0.717) is 22.3 Å². The van der Waals surface area contributed by atoms with E-state index in [0.717, 1.165) is 38.7 Å². The van der Waals surface area contributed by atoms with Crippen molar-refractivity contribution in [3.63, 3.8) is 0 Å². The van der Waals surface area contributed by atoms with Crippen molar-refractivity contribution < 1.29 is 18.8 Å². The summed E-state index contributed by atoms with van der Waals surface area (Å²) in [5.74, 6) is -1.56. The largest absolute Gasteiger partial charge is 0.342 e. The van der Waals surface area contributed by atoms with Crippen LogP contribution in [-0.4, -0.2) is 33.1 Å². The molecule has 1 aliphatic rings. The van der Waals surface area contributed by atoms with E-state index in [-0.39, 0.29) is 4.91 Å². The molecule has 1 fully saturated rings. The zero-order valence-electron chi connectivity index (χ0n) is 19.1. The topological polar surface area (TPSA) is 71.4 Å². The summed E-state index contributed by atoms with van der Waals surface area (Å²) in [5, 5.41) is 4.01. The third kappa shape index (κ3) is 5.41. The molecule has 0 bridgehead atoms. The first-order chi connectivity index (χ1) is 17.8. The Morgan fingerprint density at radius 2 is 1.78 bits per heavy atom. The van der Waals surface area contributed by atoms with E-state index in [2.05, 4.69) is 5.32 Å². The number of fused-ring (bicyclic) bond motifs is 1. The lowest BCUT2D eigenvalue weighted by Gasteiger charge is -2.12. The van der Waals surface area contributed by atoms with Gasteiger partial charge in [0.25, 0.3) is 11.1 Å². The molecule has 37 heavy (non-hydrogen) atoms. The first kappa shape index (κ1) is 25.1. The number of imide groups is 1. The Bertz CT molecular complexity index is 1580. The number of aromatic nitrogens is 1. The molecule has 6 nitrogen and oxygen atoms in total. The fourth-order valence-corrected chi connectivity index (χ4v) is 5.31. The summed E-state index contributed by atoms with van der Waals surface area (Å²) < 4.78 is 15.1. The quantitative estimate of drug-likeness (QED) is 0.266. The number of benzene rings is 3. The summed E-state index contributed by atoms with van der Waals surface area (Å²) >= 11 is 13.2. The van der Waals surface area contributed by atoms with Gasteiger partial charge in [-0.3, -0.25) is 19.3 Å². The second-order valence-corrected chi connectivity index (χ2v) is 10.1. The maximum atomic E-state index is 13.1. The minimum Gasteiger partial charge on any atom is -0.342 e. The minimum atomic E-state index is -0.563. The molecule has 0 aliphatic carbocycles. The maximum absolute atomic E-state index is 13.1. The molecular weight excluding hydrogens is 536 g/mol. The summed E-state index contributed by atoms with van der Waals surface area (Å²) in [7, 11) is 0. The molecule has 0 saturated carbocycles. The second kappa shape index (κ2) is 10.4. The van der Waals surface area contributed by atoms with Crippen LogP contribution in [0.5, 0.6) is 0 Å². The van der Waals surface area contributed by atoms with Gasteiger partial charge < -0.3 is 9.88 Å². The number of hydrogen-bond donors (Lipinski definition) is 1. The maximum Gasteiger partial charge on any atom is 0.294 e. The molecule has 1 N–H and O–H groups in total. The normalized spacial score (nSPS) is 14.7. The average molecular weight is 554 g/mol. The van der Waals surface area contributed by atoms with Crippen molar-refractivity contribution in [3.05, 3.63) is 105 Å². The predicted molar refractivity (Wildman–Crippen MR) is 145 cm³/mol. The zero-order valence-corrected chi connectivity index (χ0v) is 21.4. The van der Waals surface area contributed by atoms with Gasteiger partial charge in [-0.2, -0.15) is 0 Å². The number of hydrogen-bond acceptors (Lipinski definition) is 4. The Morgan fingerprint density at radius 1 is 1.03 bits per heavy atom. The molecule has 0 atom stereocenters. The molecule has 186 valence electrons. The summed E-state index contributed by atoms with van der Waals surface area (Å²) in [6.45, 7) is 0.0333. The highest BCUT2D eigenvalue weighted by Crippen LogP contribution is 2.34. The van der Waals surface area contributed by atoms with E-state index >= 15 is 0 Å². The van der Waals surface area contributed by atoms with Crippen molar-refractivity contribution in [1.29, 1.82) is 0 Å². The number of carbonyl (C=O) groups excluding carboxylic acids is 3. The molecule has 0 radical (unpaired) electrons. The molecule has 1 aliphatic heterocycles. The predicted octanol–water partition coefficient (Wildman–Crippen LogP) is 6.81. The number of carbonyl (C=O) groups is 3.